The van der Waals surface area contributed by atoms with E-state index in [1.54, 1.807) is 12.1 Å². The second kappa shape index (κ2) is 4.92. The van der Waals surface area contributed by atoms with Crippen LogP contribution in [0.2, 0.25) is 5.02 Å². The molecule has 3 rings (SSSR count). The minimum atomic E-state index is -2.13. The van der Waals surface area contributed by atoms with Crippen LogP contribution in [0.15, 0.2) is 30.3 Å². The highest BCUT2D eigenvalue weighted by Gasteiger charge is 2.37. The Morgan fingerprint density at radius 1 is 1.14 bits per heavy atom. The molecule has 2 nitrogen and oxygen atoms in total. The standard InChI is InChI=1S/C17H16ClFO2/c1-4-11-7-12(6-5-10(11)2)13-8-15-16(9-14(13)18)21-17(3,19)20-15/h5-9H,4H2,1-3H3. The lowest BCUT2D eigenvalue weighted by Crippen LogP contribution is -2.27. The molecule has 0 aliphatic carbocycles. The maximum atomic E-state index is 13.8. The van der Waals surface area contributed by atoms with Crippen molar-refractivity contribution in [2.24, 2.45) is 0 Å². The Balaban J connectivity index is 2.08. The molecule has 1 atom stereocenters. The monoisotopic (exact) mass is 306 g/mol. The molecule has 110 valence electrons. The first-order chi connectivity index (χ1) is 9.89. The van der Waals surface area contributed by atoms with E-state index in [0.29, 0.717) is 16.5 Å². The molecule has 1 heterocycles. The first-order valence-electron chi connectivity index (χ1n) is 6.90. The Morgan fingerprint density at radius 3 is 2.48 bits per heavy atom. The summed E-state index contributed by atoms with van der Waals surface area (Å²) in [4.78, 5) is 0. The lowest BCUT2D eigenvalue weighted by molar-refractivity contribution is -0.173. The van der Waals surface area contributed by atoms with Gasteiger partial charge in [-0.1, -0.05) is 36.7 Å². The van der Waals surface area contributed by atoms with E-state index >= 15 is 0 Å². The number of benzene rings is 2. The van der Waals surface area contributed by atoms with Crippen LogP contribution in [-0.2, 0) is 6.42 Å². The molecule has 2 aromatic carbocycles. The van der Waals surface area contributed by atoms with Gasteiger partial charge in [0.05, 0.1) is 5.02 Å². The highest BCUT2D eigenvalue weighted by molar-refractivity contribution is 6.33. The maximum Gasteiger partial charge on any atom is 0.404 e. The van der Waals surface area contributed by atoms with Crippen molar-refractivity contribution >= 4 is 11.6 Å². The molecule has 0 saturated heterocycles. The third-order valence-corrected chi connectivity index (χ3v) is 3.97. The van der Waals surface area contributed by atoms with Gasteiger partial charge in [-0.25, -0.2) is 0 Å². The van der Waals surface area contributed by atoms with Gasteiger partial charge in [0, 0.05) is 18.6 Å². The predicted molar refractivity (Wildman–Crippen MR) is 81.8 cm³/mol. The highest BCUT2D eigenvalue weighted by atomic mass is 35.5. The van der Waals surface area contributed by atoms with E-state index in [9.17, 15) is 4.39 Å². The van der Waals surface area contributed by atoms with Crippen LogP contribution in [0, 0.1) is 6.92 Å². The predicted octanol–water partition coefficient (Wildman–Crippen LogP) is 5.29. The van der Waals surface area contributed by atoms with Crippen LogP contribution in [0.4, 0.5) is 4.39 Å². The normalized spacial score (nSPS) is 19.9. The fourth-order valence-electron chi connectivity index (χ4n) is 2.55. The van der Waals surface area contributed by atoms with Crippen LogP contribution in [0.25, 0.3) is 11.1 Å². The van der Waals surface area contributed by atoms with E-state index in [2.05, 4.69) is 26.0 Å². The van der Waals surface area contributed by atoms with Gasteiger partial charge in [0.1, 0.15) is 0 Å². The number of ether oxygens (including phenoxy) is 2. The molecule has 0 saturated carbocycles. The van der Waals surface area contributed by atoms with Crippen LogP contribution in [-0.4, -0.2) is 6.04 Å². The summed E-state index contributed by atoms with van der Waals surface area (Å²) in [7, 11) is 0. The molecular formula is C17H16ClFO2. The van der Waals surface area contributed by atoms with Crippen LogP contribution >= 0.6 is 11.6 Å². The number of hydrogen-bond donors (Lipinski definition) is 0. The fraction of sp³-hybridized carbons (Fsp3) is 0.294. The maximum absolute atomic E-state index is 13.8. The molecule has 4 heteroatoms. The zero-order valence-electron chi connectivity index (χ0n) is 12.2. The van der Waals surface area contributed by atoms with E-state index < -0.39 is 6.04 Å². The molecule has 0 radical (unpaired) electrons. The van der Waals surface area contributed by atoms with Crippen molar-refractivity contribution in [3.05, 3.63) is 46.5 Å². The number of rotatable bonds is 2. The number of fused-ring (bicyclic) bond motifs is 1. The van der Waals surface area contributed by atoms with Gasteiger partial charge in [0.2, 0.25) is 0 Å². The SMILES string of the molecule is CCc1cc(-c2cc3c(cc2Cl)OC(C)(F)O3)ccc1C. The van der Waals surface area contributed by atoms with Gasteiger partial charge in [0.25, 0.3) is 0 Å². The van der Waals surface area contributed by atoms with Gasteiger partial charge < -0.3 is 9.47 Å². The summed E-state index contributed by atoms with van der Waals surface area (Å²) in [6.45, 7) is 5.42. The summed E-state index contributed by atoms with van der Waals surface area (Å²) in [6.07, 6.45) is 0.949. The summed E-state index contributed by atoms with van der Waals surface area (Å²) in [5.74, 6) is 0.703. The van der Waals surface area contributed by atoms with Gasteiger partial charge in [0.15, 0.2) is 11.5 Å². The molecule has 1 aliphatic rings. The molecule has 0 amide bonds. The van der Waals surface area contributed by atoms with E-state index in [0.717, 1.165) is 17.5 Å². The van der Waals surface area contributed by atoms with Gasteiger partial charge in [-0.3, -0.25) is 0 Å². The third kappa shape index (κ3) is 2.58. The van der Waals surface area contributed by atoms with E-state index in [-0.39, 0.29) is 0 Å². The van der Waals surface area contributed by atoms with Crippen LogP contribution in [0.1, 0.15) is 25.0 Å². The van der Waals surface area contributed by atoms with Gasteiger partial charge in [-0.2, -0.15) is 4.39 Å². The summed E-state index contributed by atoms with van der Waals surface area (Å²) >= 11 is 6.31. The Hall–Kier alpha value is -1.74. The number of halogens is 2. The largest absolute Gasteiger partial charge is 0.423 e. The second-order valence-corrected chi connectivity index (χ2v) is 5.72. The molecule has 1 aliphatic heterocycles. The smallest absolute Gasteiger partial charge is 0.404 e. The van der Waals surface area contributed by atoms with E-state index in [4.69, 9.17) is 21.1 Å². The Labute approximate surface area is 128 Å². The molecule has 0 aromatic heterocycles. The topological polar surface area (TPSA) is 18.5 Å². The van der Waals surface area contributed by atoms with Crippen molar-refractivity contribution in [1.29, 1.82) is 0 Å². The van der Waals surface area contributed by atoms with E-state index in [1.165, 1.54) is 18.1 Å². The number of alkyl halides is 1. The molecular weight excluding hydrogens is 291 g/mol. The van der Waals surface area contributed by atoms with Gasteiger partial charge in [-0.05, 0) is 36.1 Å². The average Bonchev–Trinajstić information content (AvgIpc) is 2.71. The average molecular weight is 307 g/mol. The van der Waals surface area contributed by atoms with Crippen molar-refractivity contribution in [3.8, 4) is 22.6 Å². The van der Waals surface area contributed by atoms with Crippen molar-refractivity contribution < 1.29 is 13.9 Å². The second-order valence-electron chi connectivity index (χ2n) is 5.31. The number of aryl methyl sites for hydroxylation is 2. The molecule has 21 heavy (non-hydrogen) atoms. The van der Waals surface area contributed by atoms with E-state index in [1.807, 2.05) is 6.07 Å². The molecule has 0 spiro atoms. The quantitative estimate of drug-likeness (QED) is 0.750. The molecule has 0 bridgehead atoms. The summed E-state index contributed by atoms with van der Waals surface area (Å²) in [5.41, 5.74) is 4.30. The van der Waals surface area contributed by atoms with Gasteiger partial charge >= 0.3 is 6.04 Å². The van der Waals surface area contributed by atoms with Crippen molar-refractivity contribution in [2.45, 2.75) is 33.2 Å². The lowest BCUT2D eigenvalue weighted by atomic mass is 9.98. The van der Waals surface area contributed by atoms with Crippen LogP contribution < -0.4 is 9.47 Å². The lowest BCUT2D eigenvalue weighted by Gasteiger charge is -2.10. The molecule has 0 N–H and O–H groups in total. The summed E-state index contributed by atoms with van der Waals surface area (Å²) in [6, 6.07) is 7.37. The molecule has 1 unspecified atom stereocenters. The summed E-state index contributed by atoms with van der Waals surface area (Å²) < 4.78 is 24.0. The van der Waals surface area contributed by atoms with Crippen molar-refractivity contribution in [2.75, 3.05) is 0 Å². The number of hydrogen-bond acceptors (Lipinski definition) is 2. The van der Waals surface area contributed by atoms with Crippen LogP contribution in [0.3, 0.4) is 0 Å². The van der Waals surface area contributed by atoms with Crippen LogP contribution in [0.5, 0.6) is 11.5 Å². The minimum absolute atomic E-state index is 0.330. The third-order valence-electron chi connectivity index (χ3n) is 3.66. The Bertz CT molecular complexity index is 710. The first kappa shape index (κ1) is 14.2. The van der Waals surface area contributed by atoms with Crippen molar-refractivity contribution in [1.82, 2.24) is 0 Å². The van der Waals surface area contributed by atoms with Gasteiger partial charge in [-0.15, -0.1) is 0 Å². The first-order valence-corrected chi connectivity index (χ1v) is 7.28. The minimum Gasteiger partial charge on any atom is -0.423 e. The Kier molecular flexibility index (Phi) is 3.33. The Morgan fingerprint density at radius 2 is 1.81 bits per heavy atom. The molecule has 2 aromatic rings. The molecule has 0 fully saturated rings. The summed E-state index contributed by atoms with van der Waals surface area (Å²) in [5, 5.41) is 0.515. The zero-order chi connectivity index (χ0) is 15.2. The zero-order valence-corrected chi connectivity index (χ0v) is 12.9. The van der Waals surface area contributed by atoms with Crippen molar-refractivity contribution in [3.63, 3.8) is 0 Å². The highest BCUT2D eigenvalue weighted by Crippen LogP contribution is 2.45. The fourth-order valence-corrected chi connectivity index (χ4v) is 2.81.